The molecule has 1 atom stereocenters. The summed E-state index contributed by atoms with van der Waals surface area (Å²) in [6.07, 6.45) is 4.29. The minimum Gasteiger partial charge on any atom is -0.357 e. The molecule has 2 rings (SSSR count). The second-order valence-electron chi connectivity index (χ2n) is 3.80. The van der Waals surface area contributed by atoms with E-state index >= 15 is 0 Å². The van der Waals surface area contributed by atoms with Gasteiger partial charge in [0.25, 0.3) is 0 Å². The van der Waals surface area contributed by atoms with E-state index in [0.717, 1.165) is 16.8 Å². The standard InChI is InChI=1S/C10H15BrN4/c1-7-4-3-5-15(7)9-8(11)6-13-10(12-2)14-9/h6-7H,3-5H2,1-2H3,(H,12,13,14). The molecule has 1 aliphatic heterocycles. The Bertz CT molecular complexity index is 355. The van der Waals surface area contributed by atoms with E-state index in [1.54, 1.807) is 6.20 Å². The minimum absolute atomic E-state index is 0.570. The number of nitrogens with one attached hydrogen (secondary N) is 1. The van der Waals surface area contributed by atoms with Gasteiger partial charge in [-0.1, -0.05) is 0 Å². The largest absolute Gasteiger partial charge is 0.357 e. The van der Waals surface area contributed by atoms with E-state index in [1.165, 1.54) is 12.8 Å². The van der Waals surface area contributed by atoms with Crippen molar-refractivity contribution in [2.24, 2.45) is 0 Å². The van der Waals surface area contributed by atoms with Crippen LogP contribution >= 0.6 is 15.9 Å². The van der Waals surface area contributed by atoms with Crippen LogP contribution in [0.25, 0.3) is 0 Å². The number of hydrogen-bond donors (Lipinski definition) is 1. The van der Waals surface area contributed by atoms with E-state index in [2.05, 4.69) is 43.0 Å². The molecule has 1 unspecified atom stereocenters. The van der Waals surface area contributed by atoms with Crippen LogP contribution in [0.1, 0.15) is 19.8 Å². The van der Waals surface area contributed by atoms with Gasteiger partial charge in [0, 0.05) is 25.8 Å². The van der Waals surface area contributed by atoms with Gasteiger partial charge in [-0.15, -0.1) is 0 Å². The zero-order chi connectivity index (χ0) is 10.8. The molecule has 0 aromatic carbocycles. The average Bonchev–Trinajstić information content (AvgIpc) is 2.65. The summed E-state index contributed by atoms with van der Waals surface area (Å²) in [4.78, 5) is 11.0. The van der Waals surface area contributed by atoms with Crippen molar-refractivity contribution >= 4 is 27.7 Å². The van der Waals surface area contributed by atoms with E-state index < -0.39 is 0 Å². The number of aromatic nitrogens is 2. The Morgan fingerprint density at radius 1 is 1.60 bits per heavy atom. The van der Waals surface area contributed by atoms with E-state index in [4.69, 9.17) is 0 Å². The van der Waals surface area contributed by atoms with Gasteiger partial charge in [0.15, 0.2) is 0 Å². The van der Waals surface area contributed by atoms with E-state index in [-0.39, 0.29) is 0 Å². The first kappa shape index (κ1) is 10.7. The van der Waals surface area contributed by atoms with E-state index in [0.29, 0.717) is 12.0 Å². The maximum atomic E-state index is 4.48. The van der Waals surface area contributed by atoms with Crippen molar-refractivity contribution < 1.29 is 0 Å². The molecule has 5 heteroatoms. The quantitative estimate of drug-likeness (QED) is 0.895. The molecule has 1 aromatic rings. The van der Waals surface area contributed by atoms with Crippen molar-refractivity contribution in [1.29, 1.82) is 0 Å². The summed E-state index contributed by atoms with van der Waals surface area (Å²) >= 11 is 3.50. The molecular weight excluding hydrogens is 256 g/mol. The predicted octanol–water partition coefficient (Wildman–Crippen LogP) is 2.27. The van der Waals surface area contributed by atoms with E-state index in [1.807, 2.05) is 7.05 Å². The number of anilines is 2. The van der Waals surface area contributed by atoms with Gasteiger partial charge in [-0.25, -0.2) is 4.98 Å². The third-order valence-corrected chi connectivity index (χ3v) is 3.33. The summed E-state index contributed by atoms with van der Waals surface area (Å²) in [6, 6.07) is 0.570. The van der Waals surface area contributed by atoms with Gasteiger partial charge < -0.3 is 10.2 Å². The molecule has 1 saturated heterocycles. The zero-order valence-electron chi connectivity index (χ0n) is 9.00. The van der Waals surface area contributed by atoms with Gasteiger partial charge in [0.05, 0.1) is 4.47 Å². The Hall–Kier alpha value is -0.840. The normalized spacial score (nSPS) is 20.7. The number of halogens is 1. The molecule has 0 saturated carbocycles. The third kappa shape index (κ3) is 2.07. The van der Waals surface area contributed by atoms with Crippen molar-refractivity contribution in [2.45, 2.75) is 25.8 Å². The fourth-order valence-electron chi connectivity index (χ4n) is 1.93. The maximum absolute atomic E-state index is 4.48. The second-order valence-corrected chi connectivity index (χ2v) is 4.65. The lowest BCUT2D eigenvalue weighted by Crippen LogP contribution is -2.27. The Balaban J connectivity index is 2.33. The number of hydrogen-bond acceptors (Lipinski definition) is 4. The molecule has 0 spiro atoms. The monoisotopic (exact) mass is 270 g/mol. The van der Waals surface area contributed by atoms with Gasteiger partial charge in [-0.2, -0.15) is 4.98 Å². The van der Waals surface area contributed by atoms with Crippen LogP contribution in [0.15, 0.2) is 10.7 Å². The predicted molar refractivity (Wildman–Crippen MR) is 65.3 cm³/mol. The van der Waals surface area contributed by atoms with Gasteiger partial charge in [0.1, 0.15) is 5.82 Å². The maximum Gasteiger partial charge on any atom is 0.224 e. The second kappa shape index (κ2) is 4.35. The van der Waals surface area contributed by atoms with Crippen LogP contribution in [0.5, 0.6) is 0 Å². The van der Waals surface area contributed by atoms with Crippen molar-refractivity contribution in [2.75, 3.05) is 23.8 Å². The highest BCUT2D eigenvalue weighted by molar-refractivity contribution is 9.10. The molecule has 1 aliphatic rings. The fourth-order valence-corrected chi connectivity index (χ4v) is 2.35. The first-order valence-corrected chi connectivity index (χ1v) is 5.98. The summed E-state index contributed by atoms with van der Waals surface area (Å²) in [5, 5.41) is 2.96. The summed E-state index contributed by atoms with van der Waals surface area (Å²) in [6.45, 7) is 3.32. The summed E-state index contributed by atoms with van der Waals surface area (Å²) in [5.41, 5.74) is 0. The summed E-state index contributed by atoms with van der Waals surface area (Å²) < 4.78 is 0.968. The average molecular weight is 271 g/mol. The topological polar surface area (TPSA) is 41.1 Å². The van der Waals surface area contributed by atoms with Crippen LogP contribution in [0, 0.1) is 0 Å². The van der Waals surface area contributed by atoms with Crippen LogP contribution in [-0.4, -0.2) is 29.6 Å². The Labute approximate surface area is 98.2 Å². The lowest BCUT2D eigenvalue weighted by Gasteiger charge is -2.23. The summed E-state index contributed by atoms with van der Waals surface area (Å²) in [7, 11) is 1.83. The zero-order valence-corrected chi connectivity index (χ0v) is 10.6. The van der Waals surface area contributed by atoms with Crippen molar-refractivity contribution in [3.63, 3.8) is 0 Å². The highest BCUT2D eigenvalue weighted by Crippen LogP contribution is 2.30. The lowest BCUT2D eigenvalue weighted by molar-refractivity contribution is 0.725. The van der Waals surface area contributed by atoms with Crippen LogP contribution in [0.3, 0.4) is 0 Å². The number of nitrogens with zero attached hydrogens (tertiary/aromatic N) is 3. The van der Waals surface area contributed by atoms with Crippen LogP contribution in [0.2, 0.25) is 0 Å². The first-order valence-electron chi connectivity index (χ1n) is 5.19. The molecule has 0 radical (unpaired) electrons. The highest BCUT2D eigenvalue weighted by Gasteiger charge is 2.23. The van der Waals surface area contributed by atoms with Gasteiger partial charge in [-0.3, -0.25) is 0 Å². The number of rotatable bonds is 2. The van der Waals surface area contributed by atoms with Gasteiger partial charge >= 0.3 is 0 Å². The molecule has 1 fully saturated rings. The first-order chi connectivity index (χ1) is 7.22. The summed E-state index contributed by atoms with van der Waals surface area (Å²) in [5.74, 6) is 1.67. The molecule has 1 N–H and O–H groups in total. The van der Waals surface area contributed by atoms with Crippen molar-refractivity contribution in [3.8, 4) is 0 Å². The SMILES string of the molecule is CNc1ncc(Br)c(N2CCCC2C)n1. The van der Waals surface area contributed by atoms with Crippen molar-refractivity contribution in [3.05, 3.63) is 10.7 Å². The van der Waals surface area contributed by atoms with Crippen LogP contribution in [0.4, 0.5) is 11.8 Å². The van der Waals surface area contributed by atoms with Crippen LogP contribution < -0.4 is 10.2 Å². The Morgan fingerprint density at radius 2 is 2.40 bits per heavy atom. The molecule has 2 heterocycles. The molecule has 82 valence electrons. The molecule has 15 heavy (non-hydrogen) atoms. The molecule has 4 nitrogen and oxygen atoms in total. The molecule has 0 bridgehead atoms. The molecule has 0 aliphatic carbocycles. The fraction of sp³-hybridized carbons (Fsp3) is 0.600. The van der Waals surface area contributed by atoms with Gasteiger partial charge in [-0.05, 0) is 35.7 Å². The third-order valence-electron chi connectivity index (χ3n) is 2.77. The minimum atomic E-state index is 0.570. The Morgan fingerprint density at radius 3 is 3.00 bits per heavy atom. The molecule has 0 amide bonds. The smallest absolute Gasteiger partial charge is 0.224 e. The highest BCUT2D eigenvalue weighted by atomic mass is 79.9. The lowest BCUT2D eigenvalue weighted by atomic mass is 10.2. The van der Waals surface area contributed by atoms with Crippen LogP contribution in [-0.2, 0) is 0 Å². The van der Waals surface area contributed by atoms with Crippen molar-refractivity contribution in [1.82, 2.24) is 9.97 Å². The molecular formula is C10H15BrN4. The van der Waals surface area contributed by atoms with Gasteiger partial charge in [0.2, 0.25) is 5.95 Å². The van der Waals surface area contributed by atoms with E-state index in [9.17, 15) is 0 Å². The Kier molecular flexibility index (Phi) is 3.09. The molecule has 1 aromatic heterocycles.